The lowest BCUT2D eigenvalue weighted by atomic mass is 10.1. The molecule has 2 N–H and O–H groups in total. The zero-order valence-electron chi connectivity index (χ0n) is 9.69. The van der Waals surface area contributed by atoms with Crippen LogP contribution < -0.4 is 10.6 Å². The smallest absolute Gasteiger partial charge is 0.0411 e. The Morgan fingerprint density at radius 1 is 1.35 bits per heavy atom. The minimum atomic E-state index is -0.628. The molecule has 0 atom stereocenters. The van der Waals surface area contributed by atoms with Crippen LogP contribution in [-0.4, -0.2) is 35.3 Å². The van der Waals surface area contributed by atoms with Crippen molar-refractivity contribution in [3.05, 3.63) is 28.2 Å². The number of hydrogen-bond acceptors (Lipinski definition) is 3. The van der Waals surface area contributed by atoms with E-state index >= 15 is 0 Å². The molecule has 3 nitrogen and oxygen atoms in total. The number of rotatable bonds is 3. The van der Waals surface area contributed by atoms with Crippen LogP contribution in [0.2, 0.25) is 0 Å². The Kier molecular flexibility index (Phi) is 4.59. The van der Waals surface area contributed by atoms with E-state index < -0.39 is 10.8 Å². The van der Waals surface area contributed by atoms with Gasteiger partial charge in [0.25, 0.3) is 0 Å². The van der Waals surface area contributed by atoms with Gasteiger partial charge in [0.15, 0.2) is 0 Å². The summed E-state index contributed by atoms with van der Waals surface area (Å²) in [5, 5.41) is 0. The molecule has 0 unspecified atom stereocenters. The van der Waals surface area contributed by atoms with E-state index in [1.54, 1.807) is 0 Å². The Morgan fingerprint density at radius 3 is 2.71 bits per heavy atom. The molecule has 0 aliphatic carbocycles. The molecule has 1 aromatic carbocycles. The van der Waals surface area contributed by atoms with Crippen LogP contribution in [0, 0.1) is 0 Å². The molecule has 17 heavy (non-hydrogen) atoms. The second-order valence-electron chi connectivity index (χ2n) is 4.15. The molecule has 0 spiro atoms. The first-order valence-electron chi connectivity index (χ1n) is 5.79. The van der Waals surface area contributed by atoms with Crippen molar-refractivity contribution in [1.82, 2.24) is 0 Å². The Balaban J connectivity index is 2.23. The fraction of sp³-hybridized carbons (Fsp3) is 0.500. The molecule has 0 radical (unpaired) electrons. The van der Waals surface area contributed by atoms with Gasteiger partial charge in [0.1, 0.15) is 0 Å². The predicted octanol–water partition coefficient (Wildman–Crippen LogP) is 1.52. The number of anilines is 1. The molecule has 0 amide bonds. The highest BCUT2D eigenvalue weighted by atomic mass is 79.9. The summed E-state index contributed by atoms with van der Waals surface area (Å²) in [6, 6.07) is 6.31. The third-order valence-electron chi connectivity index (χ3n) is 2.98. The lowest BCUT2D eigenvalue weighted by Crippen LogP contribution is -2.38. The highest BCUT2D eigenvalue weighted by Crippen LogP contribution is 2.26. The van der Waals surface area contributed by atoms with Crippen LogP contribution in [0.4, 0.5) is 5.69 Å². The summed E-state index contributed by atoms with van der Waals surface area (Å²) >= 11 is 3.51. The molecule has 5 heteroatoms. The lowest BCUT2D eigenvalue weighted by Gasteiger charge is -2.30. The maximum Gasteiger partial charge on any atom is 0.0411 e. The predicted molar refractivity (Wildman–Crippen MR) is 77.0 cm³/mol. The molecule has 1 aliphatic rings. The Labute approximate surface area is 113 Å². The van der Waals surface area contributed by atoms with Crippen molar-refractivity contribution >= 4 is 32.4 Å². The van der Waals surface area contributed by atoms with Crippen molar-refractivity contribution in [2.24, 2.45) is 5.73 Å². The standard InChI is InChI=1S/C12H17BrN2OS/c13-11-2-1-10(3-4-14)12(9-11)15-5-7-17(16)8-6-15/h1-2,9H,3-8,14H2. The van der Waals surface area contributed by atoms with E-state index in [0.29, 0.717) is 6.54 Å². The highest BCUT2D eigenvalue weighted by Gasteiger charge is 2.17. The molecule has 1 saturated heterocycles. The van der Waals surface area contributed by atoms with Gasteiger partial charge in [0.2, 0.25) is 0 Å². The van der Waals surface area contributed by atoms with Gasteiger partial charge in [-0.1, -0.05) is 22.0 Å². The summed E-state index contributed by atoms with van der Waals surface area (Å²) in [7, 11) is -0.628. The first kappa shape index (κ1) is 13.1. The molecule has 1 aliphatic heterocycles. The summed E-state index contributed by atoms with van der Waals surface area (Å²) in [4.78, 5) is 2.32. The van der Waals surface area contributed by atoms with Crippen molar-refractivity contribution < 1.29 is 4.21 Å². The van der Waals surface area contributed by atoms with Crippen LogP contribution in [0.1, 0.15) is 5.56 Å². The van der Waals surface area contributed by atoms with Gasteiger partial charge in [-0.15, -0.1) is 0 Å². The SMILES string of the molecule is NCCc1ccc(Br)cc1N1CCS(=O)CC1. The molecule has 2 rings (SSSR count). The van der Waals surface area contributed by atoms with E-state index in [-0.39, 0.29) is 0 Å². The van der Waals surface area contributed by atoms with Crippen LogP contribution in [0.3, 0.4) is 0 Å². The van der Waals surface area contributed by atoms with E-state index in [1.807, 2.05) is 0 Å². The van der Waals surface area contributed by atoms with Crippen molar-refractivity contribution in [3.8, 4) is 0 Å². The number of benzene rings is 1. The van der Waals surface area contributed by atoms with Gasteiger partial charge in [0.05, 0.1) is 0 Å². The number of hydrogen-bond donors (Lipinski definition) is 1. The maximum absolute atomic E-state index is 11.4. The zero-order chi connectivity index (χ0) is 12.3. The highest BCUT2D eigenvalue weighted by molar-refractivity contribution is 9.10. The molecular formula is C12H17BrN2OS. The van der Waals surface area contributed by atoms with Crippen molar-refractivity contribution in [2.75, 3.05) is 36.0 Å². The molecule has 1 fully saturated rings. The van der Waals surface area contributed by atoms with Crippen LogP contribution in [-0.2, 0) is 17.2 Å². The summed E-state index contributed by atoms with van der Waals surface area (Å²) in [6.07, 6.45) is 0.891. The largest absolute Gasteiger partial charge is 0.369 e. The molecule has 94 valence electrons. The summed E-state index contributed by atoms with van der Waals surface area (Å²) in [5.41, 5.74) is 8.16. The Hall–Kier alpha value is -0.390. The van der Waals surface area contributed by atoms with Crippen molar-refractivity contribution in [2.45, 2.75) is 6.42 Å². The minimum absolute atomic E-state index is 0.628. The molecule has 0 bridgehead atoms. The van der Waals surface area contributed by atoms with Crippen LogP contribution in [0.15, 0.2) is 22.7 Å². The van der Waals surface area contributed by atoms with Crippen molar-refractivity contribution in [1.29, 1.82) is 0 Å². The third-order valence-corrected chi connectivity index (χ3v) is 4.75. The maximum atomic E-state index is 11.4. The van der Waals surface area contributed by atoms with E-state index in [2.05, 4.69) is 39.0 Å². The monoisotopic (exact) mass is 316 g/mol. The number of halogens is 1. The lowest BCUT2D eigenvalue weighted by molar-refractivity contribution is 0.673. The van der Waals surface area contributed by atoms with Gasteiger partial charge in [0, 0.05) is 45.6 Å². The van der Waals surface area contributed by atoms with E-state index in [0.717, 1.165) is 35.5 Å². The second kappa shape index (κ2) is 5.98. The molecule has 0 saturated carbocycles. The quantitative estimate of drug-likeness (QED) is 0.919. The fourth-order valence-electron chi connectivity index (χ4n) is 2.08. The van der Waals surface area contributed by atoms with Crippen LogP contribution in [0.25, 0.3) is 0 Å². The third kappa shape index (κ3) is 3.30. The first-order valence-corrected chi connectivity index (χ1v) is 8.07. The number of nitrogens with two attached hydrogens (primary N) is 1. The molecule has 0 aromatic heterocycles. The normalized spacial score (nSPS) is 17.4. The zero-order valence-corrected chi connectivity index (χ0v) is 12.1. The van der Waals surface area contributed by atoms with Crippen LogP contribution >= 0.6 is 15.9 Å². The van der Waals surface area contributed by atoms with E-state index in [9.17, 15) is 4.21 Å². The summed E-state index contributed by atoms with van der Waals surface area (Å²) in [6.45, 7) is 2.41. The van der Waals surface area contributed by atoms with Crippen molar-refractivity contribution in [3.63, 3.8) is 0 Å². The van der Waals surface area contributed by atoms with E-state index in [4.69, 9.17) is 5.73 Å². The average Bonchev–Trinajstić information content (AvgIpc) is 2.33. The Morgan fingerprint density at radius 2 is 2.06 bits per heavy atom. The fourth-order valence-corrected chi connectivity index (χ4v) is 3.48. The van der Waals surface area contributed by atoms with Gasteiger partial charge < -0.3 is 10.6 Å². The molecule has 1 aromatic rings. The summed E-state index contributed by atoms with van der Waals surface area (Å²) in [5.74, 6) is 1.54. The van der Waals surface area contributed by atoms with E-state index in [1.165, 1.54) is 11.3 Å². The average molecular weight is 317 g/mol. The second-order valence-corrected chi connectivity index (χ2v) is 6.76. The first-order chi connectivity index (χ1) is 8.20. The van der Waals surface area contributed by atoms with Gasteiger partial charge in [-0.3, -0.25) is 4.21 Å². The summed E-state index contributed by atoms with van der Waals surface area (Å²) < 4.78 is 12.5. The van der Waals surface area contributed by atoms with Gasteiger partial charge in [-0.05, 0) is 30.7 Å². The Bertz CT molecular complexity index is 415. The van der Waals surface area contributed by atoms with Gasteiger partial charge in [-0.25, -0.2) is 0 Å². The topological polar surface area (TPSA) is 46.3 Å². The molecule has 1 heterocycles. The van der Waals surface area contributed by atoms with Gasteiger partial charge >= 0.3 is 0 Å². The number of nitrogens with zero attached hydrogens (tertiary/aromatic N) is 1. The van der Waals surface area contributed by atoms with Gasteiger partial charge in [-0.2, -0.15) is 0 Å². The molecular weight excluding hydrogens is 300 g/mol. The minimum Gasteiger partial charge on any atom is -0.369 e. The van der Waals surface area contributed by atoms with Crippen LogP contribution in [0.5, 0.6) is 0 Å².